The Morgan fingerprint density at radius 2 is 1.85 bits per heavy atom. The van der Waals surface area contributed by atoms with Crippen molar-refractivity contribution >= 4 is 23.4 Å². The Morgan fingerprint density at radius 3 is 2.52 bits per heavy atom. The number of rotatable bonds is 4. The molecular formula is C18H15ClFN5O2. The molecule has 2 amide bonds. The number of aromatic nitrogens is 3. The zero-order valence-electron chi connectivity index (χ0n) is 14.2. The van der Waals surface area contributed by atoms with Gasteiger partial charge in [-0.15, -0.1) is 0 Å². The fourth-order valence-electron chi connectivity index (χ4n) is 2.42. The molecule has 0 atom stereocenters. The number of carbonyl (C=O) groups is 2. The molecule has 1 aromatic carbocycles. The number of benzene rings is 1. The van der Waals surface area contributed by atoms with Crippen molar-refractivity contribution in [2.24, 2.45) is 0 Å². The number of carbonyl (C=O) groups excluding carboxylic acids is 2. The molecule has 0 spiro atoms. The lowest BCUT2D eigenvalue weighted by Crippen LogP contribution is -2.41. The first-order valence-electron chi connectivity index (χ1n) is 7.93. The molecule has 3 rings (SSSR count). The highest BCUT2D eigenvalue weighted by atomic mass is 35.5. The Kier molecular flexibility index (Phi) is 5.46. The van der Waals surface area contributed by atoms with Gasteiger partial charge >= 0.3 is 0 Å². The third-order valence-corrected chi connectivity index (χ3v) is 4.14. The van der Waals surface area contributed by atoms with Gasteiger partial charge in [-0.05, 0) is 36.8 Å². The number of nitrogens with zero attached hydrogens (tertiary/aromatic N) is 3. The van der Waals surface area contributed by atoms with Gasteiger partial charge in [0.2, 0.25) is 0 Å². The van der Waals surface area contributed by atoms with Crippen LogP contribution >= 0.6 is 11.6 Å². The maximum absolute atomic E-state index is 13.0. The van der Waals surface area contributed by atoms with Gasteiger partial charge < -0.3 is 0 Å². The maximum atomic E-state index is 13.0. The molecule has 0 aliphatic heterocycles. The van der Waals surface area contributed by atoms with Crippen molar-refractivity contribution in [3.05, 3.63) is 82.1 Å². The summed E-state index contributed by atoms with van der Waals surface area (Å²) in [4.78, 5) is 28.2. The number of pyridine rings is 1. The second kappa shape index (κ2) is 7.96. The highest BCUT2D eigenvalue weighted by Crippen LogP contribution is 2.21. The third-order valence-electron chi connectivity index (χ3n) is 3.75. The van der Waals surface area contributed by atoms with Crippen molar-refractivity contribution < 1.29 is 14.0 Å². The lowest BCUT2D eigenvalue weighted by molar-refractivity contribution is 0.0846. The summed E-state index contributed by atoms with van der Waals surface area (Å²) in [6, 6.07) is 9.06. The van der Waals surface area contributed by atoms with Crippen molar-refractivity contribution in [3.63, 3.8) is 0 Å². The summed E-state index contributed by atoms with van der Waals surface area (Å²) in [6.45, 7) is 1.90. The van der Waals surface area contributed by atoms with Gasteiger partial charge in [-0.2, -0.15) is 5.10 Å². The van der Waals surface area contributed by atoms with E-state index in [0.717, 1.165) is 5.56 Å². The molecule has 2 N–H and O–H groups in total. The van der Waals surface area contributed by atoms with Crippen LogP contribution in [0, 0.1) is 12.7 Å². The first-order chi connectivity index (χ1) is 13.0. The predicted octanol–water partition coefficient (Wildman–Crippen LogP) is 2.50. The van der Waals surface area contributed by atoms with Crippen molar-refractivity contribution in [1.82, 2.24) is 25.6 Å². The van der Waals surface area contributed by atoms with Crippen molar-refractivity contribution in [3.8, 4) is 0 Å². The molecule has 0 unspecified atom stereocenters. The molecule has 27 heavy (non-hydrogen) atoms. The van der Waals surface area contributed by atoms with E-state index in [9.17, 15) is 14.0 Å². The molecule has 7 nitrogen and oxygen atoms in total. The molecule has 0 fully saturated rings. The number of nitrogens with one attached hydrogen (secondary N) is 2. The van der Waals surface area contributed by atoms with E-state index in [0.29, 0.717) is 11.3 Å². The fourth-order valence-corrected chi connectivity index (χ4v) is 2.74. The Labute approximate surface area is 159 Å². The molecule has 0 saturated carbocycles. The molecular weight excluding hydrogens is 373 g/mol. The third kappa shape index (κ3) is 4.29. The zero-order chi connectivity index (χ0) is 19.4. The van der Waals surface area contributed by atoms with Crippen LogP contribution in [0.1, 0.15) is 32.0 Å². The van der Waals surface area contributed by atoms with Gasteiger partial charge in [0.15, 0.2) is 0 Å². The molecule has 0 radical (unpaired) electrons. The molecule has 9 heteroatoms. The number of halogens is 2. The van der Waals surface area contributed by atoms with E-state index in [2.05, 4.69) is 20.9 Å². The Balaban J connectivity index is 1.70. The maximum Gasteiger partial charge on any atom is 0.274 e. The van der Waals surface area contributed by atoms with Gasteiger partial charge in [-0.25, -0.2) is 9.07 Å². The lowest BCUT2D eigenvalue weighted by atomic mass is 10.2. The van der Waals surface area contributed by atoms with Gasteiger partial charge in [-0.1, -0.05) is 23.7 Å². The number of hydrazine groups is 1. The van der Waals surface area contributed by atoms with Crippen LogP contribution < -0.4 is 10.9 Å². The smallest absolute Gasteiger partial charge is 0.267 e. The minimum absolute atomic E-state index is 0.116. The van der Waals surface area contributed by atoms with Crippen LogP contribution in [0.25, 0.3) is 0 Å². The Bertz CT molecular complexity index is 973. The topological polar surface area (TPSA) is 88.9 Å². The largest absolute Gasteiger partial charge is 0.274 e. The van der Waals surface area contributed by atoms with E-state index in [4.69, 9.17) is 11.6 Å². The van der Waals surface area contributed by atoms with Crippen LogP contribution in [0.2, 0.25) is 5.15 Å². The van der Waals surface area contributed by atoms with Gasteiger partial charge in [0, 0.05) is 12.4 Å². The highest BCUT2D eigenvalue weighted by molar-refractivity contribution is 6.33. The molecule has 138 valence electrons. The van der Waals surface area contributed by atoms with Crippen molar-refractivity contribution in [2.45, 2.75) is 13.5 Å². The first kappa shape index (κ1) is 18.5. The second-order valence-corrected chi connectivity index (χ2v) is 6.04. The van der Waals surface area contributed by atoms with E-state index in [1.54, 1.807) is 31.2 Å². The number of hydrogen-bond acceptors (Lipinski definition) is 4. The van der Waals surface area contributed by atoms with E-state index in [1.807, 2.05) is 0 Å². The molecule has 3 aromatic rings. The summed E-state index contributed by atoms with van der Waals surface area (Å²) in [5.41, 5.74) is 6.23. The van der Waals surface area contributed by atoms with Crippen LogP contribution in [-0.2, 0) is 6.54 Å². The Morgan fingerprint density at radius 1 is 1.15 bits per heavy atom. The minimum Gasteiger partial charge on any atom is -0.267 e. The summed E-state index contributed by atoms with van der Waals surface area (Å²) in [5.74, 6) is -1.45. The number of hydrogen-bond donors (Lipinski definition) is 2. The molecule has 0 aliphatic rings. The average molecular weight is 388 g/mol. The SMILES string of the molecule is Cc1nn(Cc2ccc(F)cc2)c(Cl)c1C(=O)NNC(=O)c1cccnc1. The number of amides is 2. The summed E-state index contributed by atoms with van der Waals surface area (Å²) in [5, 5.41) is 4.36. The van der Waals surface area contributed by atoms with E-state index in [1.165, 1.54) is 29.2 Å². The normalized spacial score (nSPS) is 10.5. The van der Waals surface area contributed by atoms with Gasteiger partial charge in [-0.3, -0.25) is 25.4 Å². The quantitative estimate of drug-likeness (QED) is 0.673. The molecule has 2 heterocycles. The van der Waals surface area contributed by atoms with Crippen LogP contribution in [0.4, 0.5) is 4.39 Å². The fraction of sp³-hybridized carbons (Fsp3) is 0.111. The van der Waals surface area contributed by atoms with Gasteiger partial charge in [0.05, 0.1) is 17.8 Å². The lowest BCUT2D eigenvalue weighted by Gasteiger charge is -2.07. The van der Waals surface area contributed by atoms with Crippen LogP contribution in [0.15, 0.2) is 48.8 Å². The van der Waals surface area contributed by atoms with Crippen LogP contribution in [0.5, 0.6) is 0 Å². The van der Waals surface area contributed by atoms with E-state index >= 15 is 0 Å². The van der Waals surface area contributed by atoms with E-state index < -0.39 is 11.8 Å². The highest BCUT2D eigenvalue weighted by Gasteiger charge is 2.21. The summed E-state index contributed by atoms with van der Waals surface area (Å²) < 4.78 is 14.4. The summed E-state index contributed by atoms with van der Waals surface area (Å²) in [6.07, 6.45) is 2.91. The van der Waals surface area contributed by atoms with Gasteiger partial charge in [0.25, 0.3) is 11.8 Å². The van der Waals surface area contributed by atoms with Crippen LogP contribution in [0.3, 0.4) is 0 Å². The summed E-state index contributed by atoms with van der Waals surface area (Å²) >= 11 is 6.28. The first-order valence-corrected chi connectivity index (χ1v) is 8.31. The molecule has 0 bridgehead atoms. The van der Waals surface area contributed by atoms with Crippen molar-refractivity contribution in [2.75, 3.05) is 0 Å². The van der Waals surface area contributed by atoms with Crippen LogP contribution in [-0.4, -0.2) is 26.6 Å². The number of aryl methyl sites for hydroxylation is 1. The minimum atomic E-state index is -0.597. The zero-order valence-corrected chi connectivity index (χ0v) is 15.0. The van der Waals surface area contributed by atoms with Crippen molar-refractivity contribution in [1.29, 1.82) is 0 Å². The monoisotopic (exact) mass is 387 g/mol. The predicted molar refractivity (Wildman–Crippen MR) is 96.6 cm³/mol. The molecule has 0 saturated heterocycles. The van der Waals surface area contributed by atoms with E-state index in [-0.39, 0.29) is 23.1 Å². The Hall–Kier alpha value is -3.26. The molecule has 0 aliphatic carbocycles. The van der Waals surface area contributed by atoms with Gasteiger partial charge in [0.1, 0.15) is 16.5 Å². The molecule has 2 aromatic heterocycles. The summed E-state index contributed by atoms with van der Waals surface area (Å²) in [7, 11) is 0. The second-order valence-electron chi connectivity index (χ2n) is 5.69. The average Bonchev–Trinajstić information content (AvgIpc) is 2.95. The standard InChI is InChI=1S/C18H15ClFN5O2/c1-11-15(18(27)23-22-17(26)13-3-2-8-21-9-13)16(19)25(24-11)10-12-4-6-14(20)7-5-12/h2-9H,10H2,1H3,(H,22,26)(H,23,27).